The van der Waals surface area contributed by atoms with Crippen LogP contribution in [0, 0.1) is 0 Å². The fourth-order valence-electron chi connectivity index (χ4n) is 3.74. The molecule has 34 heavy (non-hydrogen) atoms. The number of nitrogens with zero attached hydrogens (tertiary/aromatic N) is 2. The smallest absolute Gasteiger partial charge is 0.138 e. The molecule has 2 N–H and O–H groups in total. The normalized spacial score (nSPS) is 10.4. The SMILES string of the molecule is c1ccc(-c2nc(-c3ccccc3)c(-c3ccccc3)[nH]2)cc1.c1ccc(-c2ncc[nH]2)cc1. The Balaban J connectivity index is 0.000000183. The maximum Gasteiger partial charge on any atom is 0.138 e. The van der Waals surface area contributed by atoms with E-state index in [1.807, 2.05) is 91.1 Å². The predicted octanol–water partition coefficient (Wildman–Crippen LogP) is 7.49. The van der Waals surface area contributed by atoms with Gasteiger partial charge in [-0.05, 0) is 0 Å². The highest BCUT2D eigenvalue weighted by Gasteiger charge is 2.14. The lowest BCUT2D eigenvalue weighted by Gasteiger charge is -2.02. The molecule has 0 aliphatic carbocycles. The van der Waals surface area contributed by atoms with Crippen LogP contribution in [0.4, 0.5) is 0 Å². The molecule has 0 fully saturated rings. The van der Waals surface area contributed by atoms with E-state index in [0.29, 0.717) is 0 Å². The van der Waals surface area contributed by atoms with Gasteiger partial charge in [0.05, 0.1) is 11.4 Å². The van der Waals surface area contributed by atoms with Crippen molar-refractivity contribution in [3.05, 3.63) is 134 Å². The summed E-state index contributed by atoms with van der Waals surface area (Å²) in [6.45, 7) is 0. The molecule has 0 amide bonds. The fourth-order valence-corrected chi connectivity index (χ4v) is 3.74. The molecule has 0 bridgehead atoms. The Hall–Kier alpha value is -4.70. The second kappa shape index (κ2) is 10.3. The van der Waals surface area contributed by atoms with Crippen LogP contribution in [0.15, 0.2) is 134 Å². The molecule has 2 heterocycles. The van der Waals surface area contributed by atoms with Crippen molar-refractivity contribution < 1.29 is 0 Å². The van der Waals surface area contributed by atoms with E-state index in [2.05, 4.69) is 51.4 Å². The average Bonchev–Trinajstić information content (AvgIpc) is 3.62. The van der Waals surface area contributed by atoms with Crippen LogP contribution in [0.3, 0.4) is 0 Å². The molecule has 2 aromatic heterocycles. The number of aromatic nitrogens is 4. The van der Waals surface area contributed by atoms with Crippen molar-refractivity contribution in [2.75, 3.05) is 0 Å². The lowest BCUT2D eigenvalue weighted by Crippen LogP contribution is -1.82. The molecular weight excluding hydrogens is 416 g/mol. The van der Waals surface area contributed by atoms with Crippen LogP contribution in [0.5, 0.6) is 0 Å². The molecule has 0 saturated heterocycles. The summed E-state index contributed by atoms with van der Waals surface area (Å²) in [7, 11) is 0. The first-order chi connectivity index (χ1) is 16.9. The Bertz CT molecular complexity index is 1350. The van der Waals surface area contributed by atoms with Gasteiger partial charge in [-0.2, -0.15) is 0 Å². The highest BCUT2D eigenvalue weighted by atomic mass is 14.9. The Morgan fingerprint density at radius 3 is 1.44 bits per heavy atom. The first-order valence-corrected chi connectivity index (χ1v) is 11.2. The molecule has 164 valence electrons. The Kier molecular flexibility index (Phi) is 6.40. The molecule has 4 nitrogen and oxygen atoms in total. The summed E-state index contributed by atoms with van der Waals surface area (Å²) in [5.41, 5.74) is 6.50. The van der Waals surface area contributed by atoms with Crippen LogP contribution in [0.25, 0.3) is 45.3 Å². The number of H-pyrrole nitrogens is 2. The maximum atomic E-state index is 4.87. The average molecular weight is 441 g/mol. The molecule has 0 aliphatic rings. The molecule has 6 rings (SSSR count). The third-order valence-corrected chi connectivity index (χ3v) is 5.41. The Labute approximate surface area is 199 Å². The zero-order valence-electron chi connectivity index (χ0n) is 18.6. The topological polar surface area (TPSA) is 57.4 Å². The highest BCUT2D eigenvalue weighted by Crippen LogP contribution is 2.32. The van der Waals surface area contributed by atoms with Crippen molar-refractivity contribution in [3.63, 3.8) is 0 Å². The first-order valence-electron chi connectivity index (χ1n) is 11.2. The summed E-state index contributed by atoms with van der Waals surface area (Å²) in [6.07, 6.45) is 3.57. The van der Waals surface area contributed by atoms with E-state index in [-0.39, 0.29) is 0 Å². The van der Waals surface area contributed by atoms with Gasteiger partial charge in [-0.1, -0.05) is 121 Å². The van der Waals surface area contributed by atoms with Gasteiger partial charge in [0, 0.05) is 34.6 Å². The third-order valence-electron chi connectivity index (χ3n) is 5.41. The minimum absolute atomic E-state index is 0.892. The summed E-state index contributed by atoms with van der Waals surface area (Å²) in [4.78, 5) is 15.5. The summed E-state index contributed by atoms with van der Waals surface area (Å²) in [6, 6.07) is 40.9. The lowest BCUT2D eigenvalue weighted by atomic mass is 10.1. The molecular formula is C30H24N4. The Morgan fingerprint density at radius 1 is 0.471 bits per heavy atom. The van der Waals surface area contributed by atoms with Crippen molar-refractivity contribution in [2.45, 2.75) is 0 Å². The second-order valence-electron chi connectivity index (χ2n) is 7.71. The summed E-state index contributed by atoms with van der Waals surface area (Å²) < 4.78 is 0. The molecule has 4 heteroatoms. The molecule has 6 aromatic rings. The van der Waals surface area contributed by atoms with Gasteiger partial charge in [-0.25, -0.2) is 9.97 Å². The predicted molar refractivity (Wildman–Crippen MR) is 139 cm³/mol. The minimum Gasteiger partial charge on any atom is -0.345 e. The quantitative estimate of drug-likeness (QED) is 0.298. The van der Waals surface area contributed by atoms with Crippen LogP contribution in [-0.4, -0.2) is 19.9 Å². The maximum absolute atomic E-state index is 4.87. The first kappa shape index (κ1) is 21.2. The molecule has 4 aromatic carbocycles. The van der Waals surface area contributed by atoms with Crippen molar-refractivity contribution in [2.24, 2.45) is 0 Å². The summed E-state index contributed by atoms with van der Waals surface area (Å²) in [5, 5.41) is 0. The summed E-state index contributed by atoms with van der Waals surface area (Å²) >= 11 is 0. The molecule has 0 aliphatic heterocycles. The zero-order valence-corrected chi connectivity index (χ0v) is 18.6. The van der Waals surface area contributed by atoms with Crippen LogP contribution >= 0.6 is 0 Å². The lowest BCUT2D eigenvalue weighted by molar-refractivity contribution is 1.31. The van der Waals surface area contributed by atoms with E-state index in [0.717, 1.165) is 45.3 Å². The van der Waals surface area contributed by atoms with Gasteiger partial charge in [-0.3, -0.25) is 0 Å². The van der Waals surface area contributed by atoms with E-state index in [9.17, 15) is 0 Å². The van der Waals surface area contributed by atoms with Gasteiger partial charge >= 0.3 is 0 Å². The molecule has 0 spiro atoms. The van der Waals surface area contributed by atoms with E-state index in [4.69, 9.17) is 4.98 Å². The van der Waals surface area contributed by atoms with Crippen molar-refractivity contribution in [1.29, 1.82) is 0 Å². The van der Waals surface area contributed by atoms with E-state index >= 15 is 0 Å². The largest absolute Gasteiger partial charge is 0.345 e. The number of aromatic amines is 2. The van der Waals surface area contributed by atoms with Gasteiger partial charge in [0.25, 0.3) is 0 Å². The number of hydrogen-bond donors (Lipinski definition) is 2. The van der Waals surface area contributed by atoms with Gasteiger partial charge in [0.15, 0.2) is 0 Å². The van der Waals surface area contributed by atoms with Gasteiger partial charge < -0.3 is 9.97 Å². The molecule has 0 atom stereocenters. The van der Waals surface area contributed by atoms with Gasteiger partial charge in [0.2, 0.25) is 0 Å². The minimum atomic E-state index is 0.892. The molecule has 0 saturated carbocycles. The number of hydrogen-bond acceptors (Lipinski definition) is 2. The van der Waals surface area contributed by atoms with Crippen molar-refractivity contribution in [1.82, 2.24) is 19.9 Å². The zero-order chi connectivity index (χ0) is 23.0. The number of rotatable bonds is 4. The highest BCUT2D eigenvalue weighted by molar-refractivity contribution is 5.81. The van der Waals surface area contributed by atoms with Crippen LogP contribution in [0.2, 0.25) is 0 Å². The van der Waals surface area contributed by atoms with E-state index in [1.54, 1.807) is 6.20 Å². The number of nitrogens with one attached hydrogen (secondary N) is 2. The number of imidazole rings is 2. The standard InChI is InChI=1S/C21H16N2.C9H8N2/c1-4-10-16(11-5-1)19-20(17-12-6-2-7-13-17)23-21(22-19)18-14-8-3-9-15-18;1-2-4-8(5-3-1)9-10-6-7-11-9/h1-15H,(H,22,23);1-7H,(H,10,11). The van der Waals surface area contributed by atoms with Gasteiger partial charge in [0.1, 0.15) is 11.6 Å². The van der Waals surface area contributed by atoms with Crippen molar-refractivity contribution in [3.8, 4) is 45.3 Å². The third kappa shape index (κ3) is 4.87. The van der Waals surface area contributed by atoms with Crippen LogP contribution in [0.1, 0.15) is 0 Å². The van der Waals surface area contributed by atoms with Gasteiger partial charge in [-0.15, -0.1) is 0 Å². The molecule has 0 unspecified atom stereocenters. The second-order valence-corrected chi connectivity index (χ2v) is 7.71. The van der Waals surface area contributed by atoms with Crippen LogP contribution < -0.4 is 0 Å². The monoisotopic (exact) mass is 440 g/mol. The van der Waals surface area contributed by atoms with E-state index < -0.39 is 0 Å². The van der Waals surface area contributed by atoms with Crippen molar-refractivity contribution >= 4 is 0 Å². The van der Waals surface area contributed by atoms with E-state index in [1.165, 1.54) is 0 Å². The Morgan fingerprint density at radius 2 is 0.941 bits per heavy atom. The van der Waals surface area contributed by atoms with Crippen LogP contribution in [-0.2, 0) is 0 Å². The fraction of sp³-hybridized carbons (Fsp3) is 0. The number of benzene rings is 4. The summed E-state index contributed by atoms with van der Waals surface area (Å²) in [5.74, 6) is 1.81. The molecule has 0 radical (unpaired) electrons.